The van der Waals surface area contributed by atoms with Gasteiger partial charge >= 0.3 is 0 Å². The summed E-state index contributed by atoms with van der Waals surface area (Å²) in [6.45, 7) is 1.23. The molecule has 0 bridgehead atoms. The summed E-state index contributed by atoms with van der Waals surface area (Å²) in [5.41, 5.74) is 2.79. The summed E-state index contributed by atoms with van der Waals surface area (Å²) in [4.78, 5) is 2.22. The van der Waals surface area contributed by atoms with Gasteiger partial charge in [-0.1, -0.05) is 18.2 Å². The molecule has 2 N–H and O–H groups in total. The van der Waals surface area contributed by atoms with Crippen LogP contribution in [0.2, 0.25) is 0 Å². The molecule has 0 fully saturated rings. The second-order valence-electron chi connectivity index (χ2n) is 5.87. The lowest BCUT2D eigenvalue weighted by Crippen LogP contribution is -2.20. The number of primary sulfonamides is 1. The predicted molar refractivity (Wildman–Crippen MR) is 92.3 cm³/mol. The van der Waals surface area contributed by atoms with Crippen LogP contribution in [0.25, 0.3) is 11.5 Å². The Labute approximate surface area is 145 Å². The molecule has 8 heteroatoms. The molecule has 2 aromatic carbocycles. The first-order valence-corrected chi connectivity index (χ1v) is 9.34. The van der Waals surface area contributed by atoms with Crippen molar-refractivity contribution in [3.63, 3.8) is 0 Å². The van der Waals surface area contributed by atoms with Crippen molar-refractivity contribution in [1.82, 2.24) is 10.2 Å². The van der Waals surface area contributed by atoms with Crippen LogP contribution in [0.15, 0.2) is 57.8 Å². The number of anilines is 1. The molecule has 7 nitrogen and oxygen atoms in total. The SMILES string of the molecule is NS(=O)(=O)c1ccc2c(c1)CCN2Cc1nnc(-c2ccccc2)o1. The van der Waals surface area contributed by atoms with Gasteiger partial charge in [0.25, 0.3) is 0 Å². The highest BCUT2D eigenvalue weighted by Crippen LogP contribution is 2.31. The van der Waals surface area contributed by atoms with E-state index in [2.05, 4.69) is 15.1 Å². The maximum absolute atomic E-state index is 11.5. The van der Waals surface area contributed by atoms with Crippen molar-refractivity contribution in [3.05, 3.63) is 60.0 Å². The van der Waals surface area contributed by atoms with E-state index in [1.165, 1.54) is 6.07 Å². The number of nitrogens with zero attached hydrogens (tertiary/aromatic N) is 3. The van der Waals surface area contributed by atoms with Crippen LogP contribution in [0.4, 0.5) is 5.69 Å². The molecule has 1 aromatic heterocycles. The van der Waals surface area contributed by atoms with Crippen LogP contribution in [0.1, 0.15) is 11.5 Å². The fourth-order valence-electron chi connectivity index (χ4n) is 2.97. The highest BCUT2D eigenvalue weighted by atomic mass is 32.2. The van der Waals surface area contributed by atoms with E-state index in [4.69, 9.17) is 9.56 Å². The molecule has 25 heavy (non-hydrogen) atoms. The zero-order chi connectivity index (χ0) is 17.4. The van der Waals surface area contributed by atoms with Crippen LogP contribution in [0, 0.1) is 0 Å². The monoisotopic (exact) mass is 356 g/mol. The second-order valence-corrected chi connectivity index (χ2v) is 7.44. The standard InChI is InChI=1S/C17H16N4O3S/c18-25(22,23)14-6-7-15-13(10-14)8-9-21(15)11-16-19-20-17(24-16)12-4-2-1-3-5-12/h1-7,10H,8-9,11H2,(H2,18,22,23). The molecule has 0 atom stereocenters. The van der Waals surface area contributed by atoms with Gasteiger partial charge in [0.2, 0.25) is 21.8 Å². The highest BCUT2D eigenvalue weighted by molar-refractivity contribution is 7.89. The molecule has 0 amide bonds. The smallest absolute Gasteiger partial charge is 0.247 e. The summed E-state index contributed by atoms with van der Waals surface area (Å²) in [6.07, 6.45) is 0.748. The summed E-state index contributed by atoms with van der Waals surface area (Å²) < 4.78 is 28.7. The van der Waals surface area contributed by atoms with Crippen molar-refractivity contribution in [1.29, 1.82) is 0 Å². The Morgan fingerprint density at radius 1 is 1.12 bits per heavy atom. The molecule has 2 heterocycles. The van der Waals surface area contributed by atoms with Crippen LogP contribution in [0.5, 0.6) is 0 Å². The van der Waals surface area contributed by atoms with E-state index in [1.807, 2.05) is 30.3 Å². The third-order valence-corrected chi connectivity index (χ3v) is 5.10. The number of hydrogen-bond acceptors (Lipinski definition) is 6. The van der Waals surface area contributed by atoms with Crippen molar-refractivity contribution >= 4 is 15.7 Å². The van der Waals surface area contributed by atoms with E-state index < -0.39 is 10.0 Å². The van der Waals surface area contributed by atoms with Crippen LogP contribution in [0.3, 0.4) is 0 Å². The predicted octanol–water partition coefficient (Wildman–Crippen LogP) is 1.95. The van der Waals surface area contributed by atoms with Crippen LogP contribution >= 0.6 is 0 Å². The Morgan fingerprint density at radius 2 is 1.92 bits per heavy atom. The molecule has 128 valence electrons. The fourth-order valence-corrected chi connectivity index (χ4v) is 3.53. The Morgan fingerprint density at radius 3 is 2.68 bits per heavy atom. The molecule has 1 aliphatic rings. The van der Waals surface area contributed by atoms with Crippen LogP contribution in [-0.2, 0) is 23.0 Å². The average Bonchev–Trinajstić information content (AvgIpc) is 3.22. The van der Waals surface area contributed by atoms with Crippen molar-refractivity contribution in [2.75, 3.05) is 11.4 Å². The topological polar surface area (TPSA) is 102 Å². The second kappa shape index (κ2) is 5.98. The Bertz CT molecular complexity index is 1020. The first-order chi connectivity index (χ1) is 12.0. The number of nitrogens with two attached hydrogens (primary N) is 1. The van der Waals surface area contributed by atoms with Crippen molar-refractivity contribution < 1.29 is 12.8 Å². The largest absolute Gasteiger partial charge is 0.419 e. The van der Waals surface area contributed by atoms with Gasteiger partial charge in [-0.2, -0.15) is 0 Å². The summed E-state index contributed by atoms with van der Waals surface area (Å²) >= 11 is 0. The summed E-state index contributed by atoms with van der Waals surface area (Å²) in [6, 6.07) is 14.5. The van der Waals surface area contributed by atoms with Crippen molar-refractivity contribution in [2.45, 2.75) is 17.9 Å². The first kappa shape index (κ1) is 15.8. The van der Waals surface area contributed by atoms with E-state index in [0.717, 1.165) is 29.8 Å². The van der Waals surface area contributed by atoms with E-state index in [1.54, 1.807) is 12.1 Å². The lowest BCUT2D eigenvalue weighted by Gasteiger charge is -2.17. The molecule has 3 aromatic rings. The molecule has 0 spiro atoms. The number of aromatic nitrogens is 2. The lowest BCUT2D eigenvalue weighted by molar-refractivity contribution is 0.500. The van der Waals surface area contributed by atoms with Gasteiger partial charge in [-0.25, -0.2) is 13.6 Å². The summed E-state index contributed by atoms with van der Waals surface area (Å²) in [7, 11) is -3.69. The normalized spacial score (nSPS) is 13.9. The molecule has 0 saturated heterocycles. The lowest BCUT2D eigenvalue weighted by atomic mass is 10.2. The van der Waals surface area contributed by atoms with Gasteiger partial charge < -0.3 is 9.32 Å². The van der Waals surface area contributed by atoms with Gasteiger partial charge in [0.05, 0.1) is 11.4 Å². The van der Waals surface area contributed by atoms with Crippen LogP contribution < -0.4 is 10.0 Å². The van der Waals surface area contributed by atoms with Gasteiger partial charge in [0, 0.05) is 17.8 Å². The van der Waals surface area contributed by atoms with E-state index in [0.29, 0.717) is 18.3 Å². The zero-order valence-corrected chi connectivity index (χ0v) is 14.1. The zero-order valence-electron chi connectivity index (χ0n) is 13.3. The number of fused-ring (bicyclic) bond motifs is 1. The third-order valence-electron chi connectivity index (χ3n) is 4.18. The Balaban J connectivity index is 1.55. The van der Waals surface area contributed by atoms with E-state index in [-0.39, 0.29) is 4.90 Å². The number of benzene rings is 2. The van der Waals surface area contributed by atoms with Gasteiger partial charge in [-0.15, -0.1) is 10.2 Å². The molecule has 1 aliphatic heterocycles. The highest BCUT2D eigenvalue weighted by Gasteiger charge is 2.23. The number of sulfonamides is 1. The minimum atomic E-state index is -3.69. The number of hydrogen-bond donors (Lipinski definition) is 1. The Hall–Kier alpha value is -2.71. The summed E-state index contributed by atoms with van der Waals surface area (Å²) in [5.74, 6) is 1.00. The van der Waals surface area contributed by atoms with E-state index in [9.17, 15) is 8.42 Å². The van der Waals surface area contributed by atoms with Crippen molar-refractivity contribution in [3.8, 4) is 11.5 Å². The maximum Gasteiger partial charge on any atom is 0.247 e. The number of rotatable bonds is 4. The molecule has 4 rings (SSSR count). The minimum absolute atomic E-state index is 0.136. The molecule has 0 unspecified atom stereocenters. The van der Waals surface area contributed by atoms with Gasteiger partial charge in [0.15, 0.2) is 0 Å². The quantitative estimate of drug-likeness (QED) is 0.766. The molecule has 0 saturated carbocycles. The van der Waals surface area contributed by atoms with E-state index >= 15 is 0 Å². The first-order valence-electron chi connectivity index (χ1n) is 7.79. The van der Waals surface area contributed by atoms with Crippen LogP contribution in [-0.4, -0.2) is 25.2 Å². The van der Waals surface area contributed by atoms with Gasteiger partial charge in [-0.05, 0) is 42.3 Å². The Kier molecular flexibility index (Phi) is 3.78. The van der Waals surface area contributed by atoms with Gasteiger partial charge in [0.1, 0.15) is 0 Å². The molecular weight excluding hydrogens is 340 g/mol. The third kappa shape index (κ3) is 3.13. The maximum atomic E-state index is 11.5. The molecular formula is C17H16N4O3S. The summed E-state index contributed by atoms with van der Waals surface area (Å²) in [5, 5.41) is 13.4. The molecule has 0 radical (unpaired) electrons. The minimum Gasteiger partial charge on any atom is -0.419 e. The fraction of sp³-hybridized carbons (Fsp3) is 0.176. The molecule has 0 aliphatic carbocycles. The van der Waals surface area contributed by atoms with Crippen molar-refractivity contribution in [2.24, 2.45) is 5.14 Å². The van der Waals surface area contributed by atoms with Gasteiger partial charge in [-0.3, -0.25) is 0 Å². The average molecular weight is 356 g/mol.